The first-order valence-corrected chi connectivity index (χ1v) is 6.91. The van der Waals surface area contributed by atoms with E-state index in [-0.39, 0.29) is 6.42 Å². The first kappa shape index (κ1) is 15.7. The Morgan fingerprint density at radius 3 is 2.58 bits per heavy atom. The van der Waals surface area contributed by atoms with Crippen LogP contribution in [0.4, 0.5) is 0 Å². The molecule has 0 aromatic heterocycles. The molecule has 3 heteroatoms. The van der Waals surface area contributed by atoms with Gasteiger partial charge in [0.15, 0.2) is 0 Å². The summed E-state index contributed by atoms with van der Waals surface area (Å²) in [5, 5.41) is 8.61. The van der Waals surface area contributed by atoms with Gasteiger partial charge in [0.2, 0.25) is 0 Å². The van der Waals surface area contributed by atoms with Crippen LogP contribution in [0.5, 0.6) is 0 Å². The summed E-state index contributed by atoms with van der Waals surface area (Å²) >= 11 is 0. The summed E-state index contributed by atoms with van der Waals surface area (Å²) in [6, 6.07) is 6.93. The van der Waals surface area contributed by atoms with Crippen molar-refractivity contribution in [1.29, 1.82) is 0 Å². The molecular weight excluding hydrogens is 238 g/mol. The number of nitrogens with zero attached hydrogens (tertiary/aromatic N) is 1. The maximum atomic E-state index is 10.5. The van der Waals surface area contributed by atoms with Gasteiger partial charge in [-0.15, -0.1) is 0 Å². The molecule has 0 aliphatic rings. The fraction of sp³-hybridized carbons (Fsp3) is 0.562. The zero-order valence-electron chi connectivity index (χ0n) is 12.4. The van der Waals surface area contributed by atoms with E-state index in [1.54, 1.807) is 0 Å². The Balaban J connectivity index is 2.51. The van der Waals surface area contributed by atoms with Crippen molar-refractivity contribution in [1.82, 2.24) is 4.90 Å². The van der Waals surface area contributed by atoms with E-state index in [9.17, 15) is 4.79 Å². The fourth-order valence-corrected chi connectivity index (χ4v) is 2.36. The number of hydrogen-bond donors (Lipinski definition) is 1. The van der Waals surface area contributed by atoms with Gasteiger partial charge in [-0.05, 0) is 58.3 Å². The molecule has 0 heterocycles. The van der Waals surface area contributed by atoms with E-state index in [1.807, 2.05) is 0 Å². The Morgan fingerprint density at radius 2 is 2.00 bits per heavy atom. The molecule has 0 spiro atoms. The van der Waals surface area contributed by atoms with Crippen molar-refractivity contribution in [2.75, 3.05) is 13.6 Å². The van der Waals surface area contributed by atoms with Crippen LogP contribution in [-0.4, -0.2) is 29.6 Å². The first-order valence-electron chi connectivity index (χ1n) is 6.91. The molecule has 0 radical (unpaired) electrons. The van der Waals surface area contributed by atoms with Gasteiger partial charge in [-0.3, -0.25) is 9.69 Å². The van der Waals surface area contributed by atoms with Crippen LogP contribution in [-0.2, 0) is 4.79 Å². The molecule has 0 fully saturated rings. The lowest BCUT2D eigenvalue weighted by Gasteiger charge is -2.26. The van der Waals surface area contributed by atoms with Gasteiger partial charge in [0.25, 0.3) is 0 Å². The highest BCUT2D eigenvalue weighted by Gasteiger charge is 2.13. The molecule has 3 nitrogen and oxygen atoms in total. The maximum absolute atomic E-state index is 10.5. The quantitative estimate of drug-likeness (QED) is 0.765. The van der Waals surface area contributed by atoms with Crippen LogP contribution >= 0.6 is 0 Å². The zero-order chi connectivity index (χ0) is 14.4. The maximum Gasteiger partial charge on any atom is 0.303 e. The standard InChI is InChI=1S/C16H25NO2/c1-12-8-9-15(13(2)11-12)14(3)17(4)10-6-5-7-16(18)19/h8-9,11,14H,5-7,10H2,1-4H3,(H,18,19). The van der Waals surface area contributed by atoms with Crippen molar-refractivity contribution in [2.24, 2.45) is 0 Å². The number of aryl methyl sites for hydroxylation is 2. The largest absolute Gasteiger partial charge is 0.481 e. The average molecular weight is 263 g/mol. The smallest absolute Gasteiger partial charge is 0.303 e. The molecule has 1 atom stereocenters. The van der Waals surface area contributed by atoms with Crippen molar-refractivity contribution < 1.29 is 9.90 Å². The Bertz CT molecular complexity index is 429. The summed E-state index contributed by atoms with van der Waals surface area (Å²) in [6.07, 6.45) is 1.95. The first-order chi connectivity index (χ1) is 8.91. The topological polar surface area (TPSA) is 40.5 Å². The van der Waals surface area contributed by atoms with Gasteiger partial charge in [-0.2, -0.15) is 0 Å². The SMILES string of the molecule is Cc1ccc(C(C)N(C)CCCCC(=O)O)c(C)c1. The normalized spacial score (nSPS) is 12.7. The zero-order valence-corrected chi connectivity index (χ0v) is 12.4. The number of carboxylic acids is 1. The van der Waals surface area contributed by atoms with Crippen molar-refractivity contribution >= 4 is 5.97 Å². The number of benzene rings is 1. The van der Waals surface area contributed by atoms with Crippen LogP contribution in [0.15, 0.2) is 18.2 Å². The number of rotatable bonds is 7. The minimum absolute atomic E-state index is 0.270. The predicted molar refractivity (Wildman–Crippen MR) is 78.4 cm³/mol. The highest BCUT2D eigenvalue weighted by atomic mass is 16.4. The van der Waals surface area contributed by atoms with Crippen molar-refractivity contribution in [2.45, 2.75) is 46.1 Å². The molecule has 1 unspecified atom stereocenters. The van der Waals surface area contributed by atoms with Crippen molar-refractivity contribution in [3.05, 3.63) is 34.9 Å². The number of carbonyl (C=O) groups is 1. The van der Waals surface area contributed by atoms with Gasteiger partial charge in [-0.25, -0.2) is 0 Å². The molecule has 1 N–H and O–H groups in total. The monoisotopic (exact) mass is 263 g/mol. The lowest BCUT2D eigenvalue weighted by atomic mass is 9.99. The lowest BCUT2D eigenvalue weighted by molar-refractivity contribution is -0.137. The summed E-state index contributed by atoms with van der Waals surface area (Å²) in [4.78, 5) is 12.8. The van der Waals surface area contributed by atoms with Crippen LogP contribution in [0.25, 0.3) is 0 Å². The summed E-state index contributed by atoms with van der Waals surface area (Å²) < 4.78 is 0. The van der Waals surface area contributed by atoms with Crippen LogP contribution in [0, 0.1) is 13.8 Å². The predicted octanol–water partition coefficient (Wildman–Crippen LogP) is 3.55. The van der Waals surface area contributed by atoms with Crippen LogP contribution in [0.2, 0.25) is 0 Å². The molecule has 0 saturated heterocycles. The Labute approximate surface area is 116 Å². The summed E-state index contributed by atoms with van der Waals surface area (Å²) in [7, 11) is 2.10. The molecule has 1 aromatic carbocycles. The Kier molecular flexibility index (Phi) is 6.03. The van der Waals surface area contributed by atoms with Gasteiger partial charge in [0, 0.05) is 12.5 Å². The van der Waals surface area contributed by atoms with E-state index in [0.29, 0.717) is 6.04 Å². The molecule has 1 rings (SSSR count). The highest BCUT2D eigenvalue weighted by Crippen LogP contribution is 2.23. The molecule has 0 saturated carbocycles. The molecule has 0 aliphatic heterocycles. The van der Waals surface area contributed by atoms with Gasteiger partial charge in [0.05, 0.1) is 0 Å². The summed E-state index contributed by atoms with van der Waals surface area (Å²) in [5.41, 5.74) is 3.97. The third-order valence-corrected chi connectivity index (χ3v) is 3.69. The van der Waals surface area contributed by atoms with E-state index >= 15 is 0 Å². The minimum Gasteiger partial charge on any atom is -0.481 e. The van der Waals surface area contributed by atoms with Crippen molar-refractivity contribution in [3.63, 3.8) is 0 Å². The number of carboxylic acid groups (broad SMARTS) is 1. The van der Waals surface area contributed by atoms with Gasteiger partial charge in [-0.1, -0.05) is 23.8 Å². The molecular formula is C16H25NO2. The van der Waals surface area contributed by atoms with E-state index in [1.165, 1.54) is 16.7 Å². The summed E-state index contributed by atoms with van der Waals surface area (Å²) in [6.45, 7) is 7.39. The van der Waals surface area contributed by atoms with Crippen LogP contribution in [0.3, 0.4) is 0 Å². The molecule has 0 amide bonds. The van der Waals surface area contributed by atoms with Crippen LogP contribution < -0.4 is 0 Å². The average Bonchev–Trinajstić information content (AvgIpc) is 2.33. The molecule has 106 valence electrons. The molecule has 19 heavy (non-hydrogen) atoms. The Hall–Kier alpha value is -1.35. The van der Waals surface area contributed by atoms with Gasteiger partial charge >= 0.3 is 5.97 Å². The van der Waals surface area contributed by atoms with E-state index in [2.05, 4.69) is 50.9 Å². The van der Waals surface area contributed by atoms with E-state index in [4.69, 9.17) is 5.11 Å². The number of hydrogen-bond acceptors (Lipinski definition) is 2. The third-order valence-electron chi connectivity index (χ3n) is 3.69. The molecule has 1 aromatic rings. The highest BCUT2D eigenvalue weighted by molar-refractivity contribution is 5.66. The van der Waals surface area contributed by atoms with Crippen molar-refractivity contribution in [3.8, 4) is 0 Å². The van der Waals surface area contributed by atoms with Gasteiger partial charge < -0.3 is 5.11 Å². The summed E-state index contributed by atoms with van der Waals surface area (Å²) in [5.74, 6) is -0.704. The second-order valence-corrected chi connectivity index (χ2v) is 5.37. The third kappa shape index (κ3) is 5.03. The minimum atomic E-state index is -0.704. The second kappa shape index (κ2) is 7.29. The lowest BCUT2D eigenvalue weighted by Crippen LogP contribution is -2.24. The number of unbranched alkanes of at least 4 members (excludes halogenated alkanes) is 1. The molecule has 0 bridgehead atoms. The van der Waals surface area contributed by atoms with E-state index < -0.39 is 5.97 Å². The Morgan fingerprint density at radius 1 is 1.32 bits per heavy atom. The number of aliphatic carboxylic acids is 1. The second-order valence-electron chi connectivity index (χ2n) is 5.37. The molecule has 0 aliphatic carbocycles. The van der Waals surface area contributed by atoms with E-state index in [0.717, 1.165) is 19.4 Å². The van der Waals surface area contributed by atoms with Crippen LogP contribution in [0.1, 0.15) is 48.9 Å². The fourth-order valence-electron chi connectivity index (χ4n) is 2.36. The van der Waals surface area contributed by atoms with Gasteiger partial charge in [0.1, 0.15) is 0 Å².